The molecule has 2 heteroatoms. The minimum absolute atomic E-state index is 0.310. The molecule has 0 nitrogen and oxygen atoms in total. The van der Waals surface area contributed by atoms with Crippen LogP contribution in [0, 0.1) is 17.4 Å². The van der Waals surface area contributed by atoms with Gasteiger partial charge >= 0.3 is 0 Å². The van der Waals surface area contributed by atoms with Crippen molar-refractivity contribution in [2.75, 3.05) is 0 Å². The number of hydrogen-bond acceptors (Lipinski definition) is 0. The van der Waals surface area contributed by atoms with Gasteiger partial charge in [0.25, 0.3) is 0 Å². The highest BCUT2D eigenvalue weighted by Crippen LogP contribution is 2.22. The van der Waals surface area contributed by atoms with E-state index in [1.807, 2.05) is 6.92 Å². The predicted octanol–water partition coefficient (Wildman–Crippen LogP) is 4.69. The molecule has 0 unspecified atom stereocenters. The summed E-state index contributed by atoms with van der Waals surface area (Å²) < 4.78 is 0. The van der Waals surface area contributed by atoms with E-state index in [9.17, 15) is 0 Å². The topological polar surface area (TPSA) is 0 Å². The molecule has 0 amide bonds. The molecule has 0 aromatic carbocycles. The van der Waals surface area contributed by atoms with Crippen molar-refractivity contribution < 1.29 is 0 Å². The molecule has 0 aliphatic carbocycles. The van der Waals surface area contributed by atoms with Crippen LogP contribution in [0.3, 0.4) is 0 Å². The van der Waals surface area contributed by atoms with Crippen LogP contribution in [0.2, 0.25) is 19.6 Å². The third kappa shape index (κ3) is 10.4. The van der Waals surface area contributed by atoms with Crippen molar-refractivity contribution in [3.8, 4) is 11.5 Å². The van der Waals surface area contributed by atoms with E-state index in [4.69, 9.17) is 11.6 Å². The van der Waals surface area contributed by atoms with Gasteiger partial charge in [0.1, 0.15) is 12.9 Å². The van der Waals surface area contributed by atoms with E-state index in [1.54, 1.807) is 0 Å². The Morgan fingerprint density at radius 1 is 1.27 bits per heavy atom. The maximum atomic E-state index is 6.37. The molecule has 0 saturated carbocycles. The first-order valence-electron chi connectivity index (χ1n) is 5.86. The molecule has 1 atom stereocenters. The molecule has 0 radical (unpaired) electrons. The van der Waals surface area contributed by atoms with Crippen molar-refractivity contribution in [1.29, 1.82) is 0 Å². The highest BCUT2D eigenvalue weighted by atomic mass is 35.5. The van der Waals surface area contributed by atoms with Gasteiger partial charge in [0.2, 0.25) is 0 Å². The Labute approximate surface area is 102 Å². The molecule has 0 rings (SSSR count). The normalized spacial score (nSPS) is 15.7. The highest BCUT2D eigenvalue weighted by molar-refractivity contribution is 6.83. The maximum absolute atomic E-state index is 6.37. The van der Waals surface area contributed by atoms with E-state index >= 15 is 0 Å². The molecule has 0 aliphatic rings. The average Bonchev–Trinajstić information content (AvgIpc) is 1.99. The fourth-order valence-corrected chi connectivity index (χ4v) is 2.13. The van der Waals surface area contributed by atoms with Gasteiger partial charge in [0.15, 0.2) is 0 Å². The van der Waals surface area contributed by atoms with E-state index < -0.39 is 8.07 Å². The fourth-order valence-electron chi connectivity index (χ4n) is 1.22. The van der Waals surface area contributed by atoms with Crippen molar-refractivity contribution in [2.45, 2.75) is 64.5 Å². The van der Waals surface area contributed by atoms with Gasteiger partial charge in [0, 0.05) is 0 Å². The quantitative estimate of drug-likeness (QED) is 0.382. The molecule has 0 bridgehead atoms. The number of hydrogen-bond donors (Lipinski definition) is 0. The number of alkyl halides is 1. The molecule has 0 aromatic heterocycles. The summed E-state index contributed by atoms with van der Waals surface area (Å²) in [5.74, 6) is 4.02. The zero-order chi connectivity index (χ0) is 12.1. The smallest absolute Gasteiger partial charge is 0.129 e. The average molecular weight is 245 g/mol. The van der Waals surface area contributed by atoms with Crippen molar-refractivity contribution in [1.82, 2.24) is 0 Å². The summed E-state index contributed by atoms with van der Waals surface area (Å²) in [4.78, 5) is -0.310. The molecular formula is C13H25ClSi. The van der Waals surface area contributed by atoms with Gasteiger partial charge < -0.3 is 0 Å². The molecule has 0 N–H and O–H groups in total. The van der Waals surface area contributed by atoms with E-state index in [1.165, 1.54) is 12.8 Å². The van der Waals surface area contributed by atoms with Crippen LogP contribution in [0.4, 0.5) is 0 Å². The van der Waals surface area contributed by atoms with Crippen molar-refractivity contribution in [3.05, 3.63) is 0 Å². The minimum Gasteiger partial charge on any atom is -0.130 e. The van der Waals surface area contributed by atoms with Crippen molar-refractivity contribution in [3.63, 3.8) is 0 Å². The Hall–Kier alpha value is 0.0669. The van der Waals surface area contributed by atoms with Gasteiger partial charge in [0.05, 0.1) is 0 Å². The molecule has 0 fully saturated rings. The molecule has 0 aliphatic heterocycles. The Morgan fingerprint density at radius 2 is 1.80 bits per heavy atom. The van der Waals surface area contributed by atoms with Gasteiger partial charge in [-0.3, -0.25) is 0 Å². The molecule has 0 spiro atoms. The highest BCUT2D eigenvalue weighted by Gasteiger charge is 2.18. The Kier molecular flexibility index (Phi) is 5.99. The summed E-state index contributed by atoms with van der Waals surface area (Å²) in [5.41, 5.74) is 3.36. The zero-order valence-electron chi connectivity index (χ0n) is 11.1. The SMILES string of the molecule is CC(C)CCC[C@@](C)(Cl)C#C[Si](C)(C)C. The first kappa shape index (κ1) is 15.1. The largest absolute Gasteiger partial charge is 0.130 e. The lowest BCUT2D eigenvalue weighted by atomic mass is 10.00. The molecular weight excluding hydrogens is 220 g/mol. The molecule has 0 saturated heterocycles. The third-order valence-electron chi connectivity index (χ3n) is 2.13. The van der Waals surface area contributed by atoms with E-state index in [-0.39, 0.29) is 4.87 Å². The monoisotopic (exact) mass is 244 g/mol. The van der Waals surface area contributed by atoms with Crippen LogP contribution in [-0.4, -0.2) is 12.9 Å². The Bertz CT molecular complexity index is 237. The van der Waals surface area contributed by atoms with Crippen LogP contribution in [0.5, 0.6) is 0 Å². The second-order valence-corrected chi connectivity index (χ2v) is 11.6. The summed E-state index contributed by atoms with van der Waals surface area (Å²) in [5, 5.41) is 0. The Morgan fingerprint density at radius 3 is 2.20 bits per heavy atom. The third-order valence-corrected chi connectivity index (χ3v) is 3.28. The second kappa shape index (κ2) is 5.96. The standard InChI is InChI=1S/C13H25ClSi/c1-12(2)8-7-9-13(3,14)10-11-15(4,5)6/h12H,7-9H2,1-6H3/t13-/m1/s1. The first-order chi connectivity index (χ1) is 6.62. The second-order valence-electron chi connectivity index (χ2n) is 5.98. The number of rotatable bonds is 4. The van der Waals surface area contributed by atoms with Crippen LogP contribution < -0.4 is 0 Å². The van der Waals surface area contributed by atoms with Crippen LogP contribution in [0.25, 0.3) is 0 Å². The Balaban J connectivity index is 4.11. The first-order valence-corrected chi connectivity index (χ1v) is 9.73. The van der Waals surface area contributed by atoms with Crippen LogP contribution >= 0.6 is 11.6 Å². The lowest BCUT2D eigenvalue weighted by Gasteiger charge is -2.16. The van der Waals surface area contributed by atoms with Gasteiger partial charge in [-0.05, 0) is 19.3 Å². The van der Waals surface area contributed by atoms with Crippen LogP contribution in [0.15, 0.2) is 0 Å². The van der Waals surface area contributed by atoms with E-state index in [2.05, 4.69) is 45.0 Å². The summed E-state index contributed by atoms with van der Waals surface area (Å²) in [6.45, 7) is 13.3. The molecule has 15 heavy (non-hydrogen) atoms. The fraction of sp³-hybridized carbons (Fsp3) is 0.846. The van der Waals surface area contributed by atoms with Crippen LogP contribution in [0.1, 0.15) is 40.0 Å². The molecule has 0 heterocycles. The molecule has 0 aromatic rings. The van der Waals surface area contributed by atoms with Crippen molar-refractivity contribution >= 4 is 19.7 Å². The van der Waals surface area contributed by atoms with Gasteiger partial charge in [-0.1, -0.05) is 52.3 Å². The van der Waals surface area contributed by atoms with Gasteiger partial charge in [-0.25, -0.2) is 0 Å². The summed E-state index contributed by atoms with van der Waals surface area (Å²) in [6, 6.07) is 0. The lowest BCUT2D eigenvalue weighted by molar-refractivity contribution is 0.518. The van der Waals surface area contributed by atoms with Gasteiger partial charge in [-0.15, -0.1) is 17.1 Å². The van der Waals surface area contributed by atoms with E-state index in [0.29, 0.717) is 0 Å². The summed E-state index contributed by atoms with van der Waals surface area (Å²) in [7, 11) is -1.27. The summed E-state index contributed by atoms with van der Waals surface area (Å²) in [6.07, 6.45) is 3.43. The van der Waals surface area contributed by atoms with Crippen LogP contribution in [-0.2, 0) is 0 Å². The number of halogens is 1. The lowest BCUT2D eigenvalue weighted by Crippen LogP contribution is -2.20. The minimum atomic E-state index is -1.27. The van der Waals surface area contributed by atoms with E-state index in [0.717, 1.165) is 12.3 Å². The maximum Gasteiger partial charge on any atom is 0.129 e. The van der Waals surface area contributed by atoms with Crippen molar-refractivity contribution in [2.24, 2.45) is 5.92 Å². The zero-order valence-corrected chi connectivity index (χ0v) is 12.8. The molecule has 88 valence electrons. The summed E-state index contributed by atoms with van der Waals surface area (Å²) >= 11 is 6.37. The predicted molar refractivity (Wildman–Crippen MR) is 74.1 cm³/mol. The van der Waals surface area contributed by atoms with Gasteiger partial charge in [-0.2, -0.15) is 0 Å².